The first-order valence-electron chi connectivity index (χ1n) is 10.2. The van der Waals surface area contributed by atoms with Crippen molar-refractivity contribution < 1.29 is 18.0 Å². The molecule has 0 aromatic heterocycles. The number of benzene rings is 3. The number of rotatable bonds is 5. The predicted octanol–water partition coefficient (Wildman–Crippen LogP) is 1.69. The Labute approximate surface area is 186 Å². The zero-order chi connectivity index (χ0) is 22.9. The maximum absolute atomic E-state index is 13.4. The highest BCUT2D eigenvalue weighted by Gasteiger charge is 2.46. The minimum absolute atomic E-state index is 0.0562. The van der Waals surface area contributed by atoms with E-state index in [0.29, 0.717) is 0 Å². The van der Waals surface area contributed by atoms with Crippen LogP contribution in [0.4, 0.5) is 4.79 Å². The minimum atomic E-state index is -4.02. The van der Waals surface area contributed by atoms with Gasteiger partial charge in [-0.3, -0.25) is 4.79 Å². The highest BCUT2D eigenvalue weighted by atomic mass is 32.2. The standard InChI is InChI=1S/C23H24N4O4S/c24-22(28)21-20(15-17-9-6-8-16-7-4-5-12-19(16)17)26(23(25)29)13-14-27(21)32(30,31)18-10-2-1-3-11-18/h1-12,20-21H,13-15H2,(H2,24,28)(H2,25,29). The van der Waals surface area contributed by atoms with Crippen molar-refractivity contribution in [2.24, 2.45) is 11.5 Å². The first-order valence-corrected chi connectivity index (χ1v) is 11.6. The molecule has 2 atom stereocenters. The summed E-state index contributed by atoms with van der Waals surface area (Å²) >= 11 is 0. The van der Waals surface area contributed by atoms with Gasteiger partial charge in [0.2, 0.25) is 15.9 Å². The highest BCUT2D eigenvalue weighted by Crippen LogP contribution is 2.29. The number of nitrogens with two attached hydrogens (primary N) is 2. The SMILES string of the molecule is NC(=O)C1C(Cc2cccc3ccccc23)N(C(N)=O)CCN1S(=O)(=O)c1ccccc1. The fourth-order valence-electron chi connectivity index (χ4n) is 4.39. The molecule has 0 saturated carbocycles. The molecule has 32 heavy (non-hydrogen) atoms. The molecule has 166 valence electrons. The molecule has 8 nitrogen and oxygen atoms in total. The third-order valence-corrected chi connectivity index (χ3v) is 7.76. The third kappa shape index (κ3) is 3.92. The molecule has 0 radical (unpaired) electrons. The number of amides is 3. The molecule has 0 bridgehead atoms. The van der Waals surface area contributed by atoms with Gasteiger partial charge in [0.05, 0.1) is 10.9 Å². The van der Waals surface area contributed by atoms with Crippen LogP contribution in [0.15, 0.2) is 77.7 Å². The Bertz CT molecular complexity index is 1260. The van der Waals surface area contributed by atoms with E-state index >= 15 is 0 Å². The number of primary amides is 2. The van der Waals surface area contributed by atoms with Gasteiger partial charge in [-0.15, -0.1) is 0 Å². The van der Waals surface area contributed by atoms with E-state index in [1.54, 1.807) is 18.2 Å². The van der Waals surface area contributed by atoms with Crippen molar-refractivity contribution in [1.82, 2.24) is 9.21 Å². The Morgan fingerprint density at radius 2 is 1.53 bits per heavy atom. The number of hydrogen-bond acceptors (Lipinski definition) is 4. The maximum Gasteiger partial charge on any atom is 0.315 e. The molecule has 1 fully saturated rings. The van der Waals surface area contributed by atoms with E-state index in [2.05, 4.69) is 0 Å². The number of carbonyl (C=O) groups excluding carboxylic acids is 2. The summed E-state index contributed by atoms with van der Waals surface area (Å²) < 4.78 is 27.8. The highest BCUT2D eigenvalue weighted by molar-refractivity contribution is 7.89. The number of piperazine rings is 1. The normalized spacial score (nSPS) is 19.7. The summed E-state index contributed by atoms with van der Waals surface area (Å²) in [4.78, 5) is 26.3. The molecule has 0 spiro atoms. The van der Waals surface area contributed by atoms with Crippen LogP contribution < -0.4 is 11.5 Å². The van der Waals surface area contributed by atoms with Gasteiger partial charge in [0.15, 0.2) is 0 Å². The summed E-state index contributed by atoms with van der Waals surface area (Å²) in [7, 11) is -4.02. The third-order valence-electron chi connectivity index (χ3n) is 5.87. The van der Waals surface area contributed by atoms with Crippen molar-refractivity contribution in [1.29, 1.82) is 0 Å². The molecule has 4 rings (SSSR count). The van der Waals surface area contributed by atoms with Gasteiger partial charge in [0.1, 0.15) is 6.04 Å². The van der Waals surface area contributed by atoms with Crippen molar-refractivity contribution in [3.8, 4) is 0 Å². The average Bonchev–Trinajstić information content (AvgIpc) is 2.79. The van der Waals surface area contributed by atoms with Crippen molar-refractivity contribution >= 4 is 32.7 Å². The monoisotopic (exact) mass is 452 g/mol. The van der Waals surface area contributed by atoms with Crippen LogP contribution in [0.2, 0.25) is 0 Å². The van der Waals surface area contributed by atoms with Gasteiger partial charge in [-0.25, -0.2) is 13.2 Å². The van der Waals surface area contributed by atoms with Crippen LogP contribution in [0.1, 0.15) is 5.56 Å². The second kappa shape index (κ2) is 8.60. The lowest BCUT2D eigenvalue weighted by molar-refractivity contribution is -0.124. The Balaban J connectivity index is 1.79. The number of fused-ring (bicyclic) bond motifs is 1. The van der Waals surface area contributed by atoms with Gasteiger partial charge in [-0.2, -0.15) is 4.31 Å². The lowest BCUT2D eigenvalue weighted by Crippen LogP contribution is -2.67. The van der Waals surface area contributed by atoms with Gasteiger partial charge in [0.25, 0.3) is 0 Å². The fourth-order valence-corrected chi connectivity index (χ4v) is 6.03. The summed E-state index contributed by atoms with van der Waals surface area (Å²) in [6.45, 7) is -0.0274. The fraction of sp³-hybridized carbons (Fsp3) is 0.217. The molecule has 9 heteroatoms. The first kappa shape index (κ1) is 21.8. The zero-order valence-electron chi connectivity index (χ0n) is 17.3. The summed E-state index contributed by atoms with van der Waals surface area (Å²) in [6.07, 6.45) is 0.221. The number of nitrogens with zero attached hydrogens (tertiary/aromatic N) is 2. The topological polar surface area (TPSA) is 127 Å². The van der Waals surface area contributed by atoms with Gasteiger partial charge < -0.3 is 16.4 Å². The molecule has 3 aromatic carbocycles. The van der Waals surface area contributed by atoms with E-state index in [0.717, 1.165) is 20.6 Å². The average molecular weight is 453 g/mol. The Hall–Kier alpha value is -3.43. The van der Waals surface area contributed by atoms with E-state index in [1.807, 2.05) is 42.5 Å². The molecule has 2 unspecified atom stereocenters. The number of carbonyl (C=O) groups is 2. The van der Waals surface area contributed by atoms with E-state index in [4.69, 9.17) is 11.5 Å². The second-order valence-corrected chi connectivity index (χ2v) is 9.61. The van der Waals surface area contributed by atoms with Crippen molar-refractivity contribution in [2.45, 2.75) is 23.4 Å². The molecule has 4 N–H and O–H groups in total. The van der Waals surface area contributed by atoms with Crippen LogP contribution in [0.3, 0.4) is 0 Å². The molecular weight excluding hydrogens is 428 g/mol. The molecular formula is C23H24N4O4S. The lowest BCUT2D eigenvalue weighted by Gasteiger charge is -2.45. The van der Waals surface area contributed by atoms with Gasteiger partial charge in [-0.1, -0.05) is 60.7 Å². The van der Waals surface area contributed by atoms with Crippen LogP contribution in [0.25, 0.3) is 10.8 Å². The number of sulfonamides is 1. The Morgan fingerprint density at radius 1 is 0.875 bits per heavy atom. The van der Waals surface area contributed by atoms with Crippen LogP contribution in [-0.2, 0) is 21.2 Å². The molecule has 3 aromatic rings. The van der Waals surface area contributed by atoms with Crippen LogP contribution in [0, 0.1) is 0 Å². The molecule has 1 aliphatic rings. The quantitative estimate of drug-likeness (QED) is 0.611. The maximum atomic E-state index is 13.4. The van der Waals surface area contributed by atoms with E-state index < -0.39 is 34.0 Å². The van der Waals surface area contributed by atoms with E-state index in [9.17, 15) is 18.0 Å². The largest absolute Gasteiger partial charge is 0.368 e. The summed E-state index contributed by atoms with van der Waals surface area (Å²) in [5.74, 6) is -0.833. The Kier molecular flexibility index (Phi) is 5.86. The van der Waals surface area contributed by atoms with Gasteiger partial charge in [0, 0.05) is 13.1 Å². The second-order valence-electron chi connectivity index (χ2n) is 7.72. The lowest BCUT2D eigenvalue weighted by atomic mass is 9.92. The molecule has 0 aliphatic carbocycles. The van der Waals surface area contributed by atoms with E-state index in [1.165, 1.54) is 17.0 Å². The smallest absolute Gasteiger partial charge is 0.315 e. The first-order chi connectivity index (χ1) is 15.3. The number of hydrogen-bond donors (Lipinski definition) is 2. The van der Waals surface area contributed by atoms with Crippen LogP contribution >= 0.6 is 0 Å². The zero-order valence-corrected chi connectivity index (χ0v) is 18.1. The molecule has 3 amide bonds. The van der Waals surface area contributed by atoms with Crippen LogP contribution in [-0.4, -0.2) is 54.7 Å². The molecule has 1 aliphatic heterocycles. The minimum Gasteiger partial charge on any atom is -0.368 e. The predicted molar refractivity (Wildman–Crippen MR) is 121 cm³/mol. The van der Waals surface area contributed by atoms with Crippen LogP contribution in [0.5, 0.6) is 0 Å². The van der Waals surface area contributed by atoms with Crippen molar-refractivity contribution in [3.05, 3.63) is 78.4 Å². The number of urea groups is 1. The summed E-state index contributed by atoms with van der Waals surface area (Å²) in [5, 5.41) is 1.95. The van der Waals surface area contributed by atoms with Crippen molar-refractivity contribution in [3.63, 3.8) is 0 Å². The molecule has 1 heterocycles. The van der Waals surface area contributed by atoms with Gasteiger partial charge in [-0.05, 0) is 34.9 Å². The summed E-state index contributed by atoms with van der Waals surface area (Å²) in [5.41, 5.74) is 12.2. The van der Waals surface area contributed by atoms with Gasteiger partial charge >= 0.3 is 6.03 Å². The molecule has 1 saturated heterocycles. The summed E-state index contributed by atoms with van der Waals surface area (Å²) in [6, 6.07) is 18.5. The van der Waals surface area contributed by atoms with Crippen molar-refractivity contribution in [2.75, 3.05) is 13.1 Å². The Morgan fingerprint density at radius 3 is 2.22 bits per heavy atom. The van der Waals surface area contributed by atoms with E-state index in [-0.39, 0.29) is 24.4 Å².